The van der Waals surface area contributed by atoms with E-state index >= 15 is 0 Å². The predicted molar refractivity (Wildman–Crippen MR) is 321 cm³/mol. The highest BCUT2D eigenvalue weighted by molar-refractivity contribution is 7.25. The third-order valence-corrected chi connectivity index (χ3v) is 17.0. The van der Waals surface area contributed by atoms with Crippen molar-refractivity contribution < 1.29 is 0 Å². The molecule has 77 heavy (non-hydrogen) atoms. The molecule has 0 atom stereocenters. The molecule has 0 N–H and O–H groups in total. The number of hydrogen-bond acceptors (Lipinski definition) is 4. The van der Waals surface area contributed by atoms with Gasteiger partial charge in [-0.25, -0.2) is 0 Å². The SMILES string of the molecule is c1ccc(-n2c3ccccc3c3cc4c5ccccc5n(-c5nc(-c6ccc(-c7ccc8c(c7)sc7ccccc78)cc6)nc(-n6c7ccccc7c7cc8c9ccccc9n(-c9ccccc9)c8cc76)n5)c4cc32)cc1. The van der Waals surface area contributed by atoms with Crippen molar-refractivity contribution in [2.75, 3.05) is 0 Å². The minimum absolute atomic E-state index is 0.530. The molecule has 0 saturated carbocycles. The second kappa shape index (κ2) is 16.2. The molecule has 0 aliphatic carbocycles. The van der Waals surface area contributed by atoms with Gasteiger partial charge in [0, 0.05) is 80.2 Å². The summed E-state index contributed by atoms with van der Waals surface area (Å²) in [5.74, 6) is 1.64. The van der Waals surface area contributed by atoms with Crippen LogP contribution in [0.1, 0.15) is 0 Å². The maximum atomic E-state index is 5.65. The number of aromatic nitrogens is 7. The van der Waals surface area contributed by atoms with E-state index in [1.165, 1.54) is 47.3 Å². The van der Waals surface area contributed by atoms with Gasteiger partial charge in [0.1, 0.15) is 0 Å². The molecule has 11 aromatic carbocycles. The van der Waals surface area contributed by atoms with Gasteiger partial charge in [0.15, 0.2) is 5.82 Å². The smallest absolute Gasteiger partial charge is 0.240 e. The summed E-state index contributed by atoms with van der Waals surface area (Å²) in [6.45, 7) is 0. The molecule has 6 aromatic heterocycles. The van der Waals surface area contributed by atoms with Crippen molar-refractivity contribution in [2.45, 2.75) is 0 Å². The molecular weight excluding hydrogens is 959 g/mol. The van der Waals surface area contributed by atoms with Crippen molar-refractivity contribution in [1.82, 2.24) is 33.2 Å². The van der Waals surface area contributed by atoms with Crippen LogP contribution >= 0.6 is 11.3 Å². The highest BCUT2D eigenvalue weighted by atomic mass is 32.1. The number of para-hydroxylation sites is 6. The minimum Gasteiger partial charge on any atom is -0.309 e. The fraction of sp³-hybridized carbons (Fsp3) is 0. The van der Waals surface area contributed by atoms with Crippen LogP contribution in [-0.2, 0) is 0 Å². The first-order valence-corrected chi connectivity index (χ1v) is 26.8. The van der Waals surface area contributed by atoms with E-state index in [9.17, 15) is 0 Å². The molecule has 6 heterocycles. The summed E-state index contributed by atoms with van der Waals surface area (Å²) in [6.07, 6.45) is 0. The molecule has 17 aromatic rings. The topological polar surface area (TPSA) is 58.4 Å². The first-order chi connectivity index (χ1) is 38.2. The molecule has 0 fully saturated rings. The number of nitrogens with zero attached hydrogens (tertiary/aromatic N) is 7. The predicted octanol–water partition coefficient (Wildman–Crippen LogP) is 18.0. The van der Waals surface area contributed by atoms with Gasteiger partial charge < -0.3 is 9.13 Å². The van der Waals surface area contributed by atoms with Gasteiger partial charge in [-0.1, -0.05) is 164 Å². The molecule has 0 radical (unpaired) electrons. The Kier molecular flexibility index (Phi) is 8.87. The van der Waals surface area contributed by atoms with E-state index in [0.29, 0.717) is 17.7 Å². The normalized spacial score (nSPS) is 12.2. The fourth-order valence-electron chi connectivity index (χ4n) is 12.4. The van der Waals surface area contributed by atoms with Gasteiger partial charge in [-0.2, -0.15) is 15.0 Å². The highest BCUT2D eigenvalue weighted by Gasteiger charge is 2.24. The van der Waals surface area contributed by atoms with Gasteiger partial charge in [-0.05, 0) is 96.1 Å². The largest absolute Gasteiger partial charge is 0.309 e. The molecule has 0 amide bonds. The average Bonchev–Trinajstić information content (AvgIpc) is 4.49. The van der Waals surface area contributed by atoms with Crippen LogP contribution < -0.4 is 0 Å². The highest BCUT2D eigenvalue weighted by Crippen LogP contribution is 2.43. The standard InChI is InChI=1S/C69H41N7S/c1-3-17-45(18-4-1)73-57-26-12-7-21-47(57)53-38-55-49-23-9-14-28-59(49)75(63(55)40-61(53)73)68-70-67(43-33-31-42(32-34-43)44-35-36-52-51-25-11-16-30-65(51)77-66(52)37-44)71-69(72-68)76-60-29-15-10-24-50(60)56-39-54-48-22-8-13-27-58(48)74(62(54)41-64(56)76)46-19-5-2-6-20-46/h1-41H. The van der Waals surface area contributed by atoms with Crippen molar-refractivity contribution in [1.29, 1.82) is 0 Å². The zero-order chi connectivity index (χ0) is 50.3. The van der Waals surface area contributed by atoms with Gasteiger partial charge in [0.05, 0.1) is 44.1 Å². The van der Waals surface area contributed by atoms with Crippen LogP contribution in [-0.4, -0.2) is 33.2 Å². The summed E-state index contributed by atoms with van der Waals surface area (Å²) in [5, 5.41) is 11.9. The van der Waals surface area contributed by atoms with E-state index in [-0.39, 0.29) is 0 Å². The third kappa shape index (κ3) is 6.21. The lowest BCUT2D eigenvalue weighted by Gasteiger charge is -2.13. The molecule has 0 aliphatic heterocycles. The molecule has 7 nitrogen and oxygen atoms in total. The molecule has 0 bridgehead atoms. The molecular formula is C69H41N7S. The second-order valence-corrected chi connectivity index (χ2v) is 21.1. The Bertz CT molecular complexity index is 5020. The summed E-state index contributed by atoms with van der Waals surface area (Å²) < 4.78 is 11.8. The van der Waals surface area contributed by atoms with E-state index in [1.807, 2.05) is 11.3 Å². The van der Waals surface area contributed by atoms with E-state index < -0.39 is 0 Å². The van der Waals surface area contributed by atoms with Crippen LogP contribution in [0.2, 0.25) is 0 Å². The third-order valence-electron chi connectivity index (χ3n) is 15.8. The summed E-state index contributed by atoms with van der Waals surface area (Å²) in [5.41, 5.74) is 13.9. The van der Waals surface area contributed by atoms with Crippen molar-refractivity contribution in [3.05, 3.63) is 249 Å². The van der Waals surface area contributed by atoms with E-state index in [2.05, 4.69) is 267 Å². The van der Waals surface area contributed by atoms with Gasteiger partial charge in [-0.15, -0.1) is 11.3 Å². The van der Waals surface area contributed by atoms with Crippen LogP contribution in [0.5, 0.6) is 0 Å². The van der Waals surface area contributed by atoms with Crippen LogP contribution in [0.4, 0.5) is 0 Å². The molecule has 358 valence electrons. The van der Waals surface area contributed by atoms with Crippen LogP contribution in [0, 0.1) is 0 Å². The minimum atomic E-state index is 0.530. The number of benzene rings is 11. The lowest BCUT2D eigenvalue weighted by atomic mass is 10.0. The molecule has 0 aliphatic rings. The maximum Gasteiger partial charge on any atom is 0.240 e. The maximum absolute atomic E-state index is 5.65. The fourth-order valence-corrected chi connectivity index (χ4v) is 13.5. The zero-order valence-corrected chi connectivity index (χ0v) is 42.0. The van der Waals surface area contributed by atoms with E-state index in [1.54, 1.807) is 0 Å². The summed E-state index contributed by atoms with van der Waals surface area (Å²) >= 11 is 1.84. The first kappa shape index (κ1) is 42.2. The lowest BCUT2D eigenvalue weighted by molar-refractivity contribution is 0.893. The molecule has 0 saturated heterocycles. The Morgan fingerprint density at radius 1 is 0.234 bits per heavy atom. The Morgan fingerprint density at radius 3 is 1.10 bits per heavy atom. The lowest BCUT2D eigenvalue weighted by Crippen LogP contribution is -2.10. The zero-order valence-electron chi connectivity index (χ0n) is 41.2. The summed E-state index contributed by atoms with van der Waals surface area (Å²) in [7, 11) is 0. The Morgan fingerprint density at radius 2 is 0.610 bits per heavy atom. The second-order valence-electron chi connectivity index (χ2n) is 20.0. The van der Waals surface area contributed by atoms with Crippen molar-refractivity contribution in [3.63, 3.8) is 0 Å². The van der Waals surface area contributed by atoms with Gasteiger partial charge in [0.25, 0.3) is 0 Å². The number of thiophene rings is 1. The number of rotatable bonds is 6. The van der Waals surface area contributed by atoms with Crippen LogP contribution in [0.3, 0.4) is 0 Å². The monoisotopic (exact) mass is 999 g/mol. The number of fused-ring (bicyclic) bond motifs is 15. The molecule has 17 rings (SSSR count). The van der Waals surface area contributed by atoms with Gasteiger partial charge in [0.2, 0.25) is 11.9 Å². The van der Waals surface area contributed by atoms with E-state index in [4.69, 9.17) is 15.0 Å². The van der Waals surface area contributed by atoms with Crippen LogP contribution in [0.15, 0.2) is 249 Å². The first-order valence-electron chi connectivity index (χ1n) is 26.0. The average molecular weight is 1000 g/mol. The van der Waals surface area contributed by atoms with E-state index in [0.717, 1.165) is 88.2 Å². The van der Waals surface area contributed by atoms with Gasteiger partial charge in [-0.3, -0.25) is 9.13 Å². The Hall–Kier alpha value is -10.2. The quantitative estimate of drug-likeness (QED) is 0.167. The Balaban J connectivity index is 0.941. The van der Waals surface area contributed by atoms with Crippen LogP contribution in [0.25, 0.3) is 153 Å². The molecule has 8 heteroatoms. The van der Waals surface area contributed by atoms with Crippen molar-refractivity contribution in [3.8, 4) is 45.8 Å². The van der Waals surface area contributed by atoms with Gasteiger partial charge >= 0.3 is 0 Å². The van der Waals surface area contributed by atoms with Crippen molar-refractivity contribution >= 4 is 119 Å². The molecule has 0 unspecified atom stereocenters. The Labute approximate surface area is 444 Å². The number of hydrogen-bond donors (Lipinski definition) is 0. The summed E-state index contributed by atoms with van der Waals surface area (Å²) in [6, 6.07) is 89.7. The van der Waals surface area contributed by atoms with Crippen molar-refractivity contribution in [2.24, 2.45) is 0 Å². The summed E-state index contributed by atoms with van der Waals surface area (Å²) in [4.78, 5) is 16.7. The molecule has 0 spiro atoms.